The lowest BCUT2D eigenvalue weighted by atomic mass is 9.80. The minimum atomic E-state index is -4.37. The molecule has 4 aliphatic rings. The Balaban J connectivity index is 1.53. The zero-order valence-electron chi connectivity index (χ0n) is 39.5. The van der Waals surface area contributed by atoms with Gasteiger partial charge in [-0.25, -0.2) is 13.2 Å². The number of carbonyl (C=O) groups excluding carboxylic acids is 1. The second-order valence-corrected chi connectivity index (χ2v) is 23.1. The number of hydrogen-bond acceptors (Lipinski definition) is 10. The zero-order chi connectivity index (χ0) is 48.2. The molecule has 0 bridgehead atoms. The molecule has 13 nitrogen and oxygen atoms in total. The number of allylic oxidation sites excluding steroid dienone is 7. The minimum absolute atomic E-state index is 0.102. The largest absolute Gasteiger partial charge is 0.748 e. The molecular formula is C51H65N5O8S2. The number of nitriles is 2. The maximum absolute atomic E-state index is 14.7. The fourth-order valence-corrected chi connectivity index (χ4v) is 11.2. The predicted molar refractivity (Wildman–Crippen MR) is 256 cm³/mol. The summed E-state index contributed by atoms with van der Waals surface area (Å²) in [5.74, 6) is -0.790. The predicted octanol–water partition coefficient (Wildman–Crippen LogP) is 9.97. The van der Waals surface area contributed by atoms with E-state index in [4.69, 9.17) is 4.74 Å². The van der Waals surface area contributed by atoms with Crippen LogP contribution in [0.15, 0.2) is 83.2 Å². The first kappa shape index (κ1) is 50.4. The molecule has 1 N–H and O–H groups in total. The van der Waals surface area contributed by atoms with Gasteiger partial charge < -0.3 is 14.2 Å². The third kappa shape index (κ3) is 11.7. The van der Waals surface area contributed by atoms with Crippen LogP contribution in [-0.2, 0) is 35.8 Å². The highest BCUT2D eigenvalue weighted by atomic mass is 32.2. The summed E-state index contributed by atoms with van der Waals surface area (Å²) in [6.07, 6.45) is 16.3. The van der Waals surface area contributed by atoms with Gasteiger partial charge in [-0.2, -0.15) is 23.5 Å². The highest BCUT2D eigenvalue weighted by Crippen LogP contribution is 2.49. The number of benzene rings is 2. The maximum atomic E-state index is 14.7. The van der Waals surface area contributed by atoms with Crippen molar-refractivity contribution in [3.05, 3.63) is 105 Å². The van der Waals surface area contributed by atoms with Crippen LogP contribution in [0.3, 0.4) is 0 Å². The van der Waals surface area contributed by atoms with Gasteiger partial charge in [0.1, 0.15) is 12.1 Å². The average molecular weight is 940 g/mol. The van der Waals surface area contributed by atoms with Crippen LogP contribution < -0.4 is 4.90 Å². The smallest absolute Gasteiger partial charge is 0.415 e. The van der Waals surface area contributed by atoms with Crippen molar-refractivity contribution in [3.63, 3.8) is 0 Å². The molecule has 6 rings (SSSR count). The Morgan fingerprint density at radius 3 is 2.17 bits per heavy atom. The molecule has 2 heterocycles. The van der Waals surface area contributed by atoms with E-state index < -0.39 is 48.5 Å². The van der Waals surface area contributed by atoms with E-state index in [1.54, 1.807) is 12.1 Å². The summed E-state index contributed by atoms with van der Waals surface area (Å²) in [6.45, 7) is 15.0. The Hall–Kier alpha value is -5.06. The number of amides is 1. The van der Waals surface area contributed by atoms with E-state index in [-0.39, 0.29) is 24.6 Å². The van der Waals surface area contributed by atoms with E-state index >= 15 is 0 Å². The molecule has 0 spiro atoms. The number of hydrogen-bond donors (Lipinski definition) is 1. The Bertz CT molecular complexity index is 2680. The lowest BCUT2D eigenvalue weighted by Gasteiger charge is -2.40. The summed E-state index contributed by atoms with van der Waals surface area (Å²) in [5, 5.41) is 19.7. The molecule has 2 aromatic carbocycles. The van der Waals surface area contributed by atoms with Gasteiger partial charge in [-0.15, -0.1) is 0 Å². The van der Waals surface area contributed by atoms with Gasteiger partial charge in [0.15, 0.2) is 5.71 Å². The fourth-order valence-electron chi connectivity index (χ4n) is 10.1. The number of fused-ring (bicyclic) bond motifs is 2. The molecule has 2 aliphatic carbocycles. The van der Waals surface area contributed by atoms with Crippen molar-refractivity contribution < 1.29 is 40.0 Å². The molecule has 0 saturated heterocycles. The van der Waals surface area contributed by atoms with Crippen LogP contribution in [0.25, 0.3) is 0 Å². The number of carbonyl (C=O) groups is 1. The Labute approximate surface area is 392 Å². The van der Waals surface area contributed by atoms with Gasteiger partial charge in [-0.05, 0) is 139 Å². The van der Waals surface area contributed by atoms with E-state index in [2.05, 4.69) is 73.6 Å². The van der Waals surface area contributed by atoms with Crippen molar-refractivity contribution in [2.24, 2.45) is 0 Å². The van der Waals surface area contributed by atoms with Crippen molar-refractivity contribution in [3.8, 4) is 12.1 Å². The lowest BCUT2D eigenvalue weighted by Crippen LogP contribution is -2.45. The highest BCUT2D eigenvalue weighted by Gasteiger charge is 2.45. The Morgan fingerprint density at radius 2 is 1.53 bits per heavy atom. The topological polar surface area (TPSA) is 195 Å². The fraction of sp³-hybridized carbons (Fsp3) is 0.529. The van der Waals surface area contributed by atoms with E-state index in [9.17, 15) is 41.3 Å². The molecule has 354 valence electrons. The van der Waals surface area contributed by atoms with Gasteiger partial charge in [-0.3, -0.25) is 9.45 Å². The molecule has 0 unspecified atom stereocenters. The summed E-state index contributed by atoms with van der Waals surface area (Å²) in [6, 6.07) is 15.7. The lowest BCUT2D eigenvalue weighted by molar-refractivity contribution is -0.438. The Morgan fingerprint density at radius 1 is 0.879 bits per heavy atom. The van der Waals surface area contributed by atoms with Gasteiger partial charge in [0.05, 0.1) is 50.2 Å². The van der Waals surface area contributed by atoms with Crippen LogP contribution in [0.1, 0.15) is 148 Å². The molecule has 1 fully saturated rings. The number of unbranched alkanes of at least 4 members (excludes halogenated alkanes) is 2. The molecule has 1 saturated carbocycles. The first-order chi connectivity index (χ1) is 30.9. The van der Waals surface area contributed by atoms with Crippen LogP contribution in [0, 0.1) is 22.7 Å². The molecule has 2 aliphatic heterocycles. The molecule has 2 aromatic rings. The van der Waals surface area contributed by atoms with Crippen molar-refractivity contribution in [1.82, 2.24) is 4.90 Å². The van der Waals surface area contributed by atoms with E-state index in [1.807, 2.05) is 49.9 Å². The van der Waals surface area contributed by atoms with Gasteiger partial charge in [0, 0.05) is 59.3 Å². The van der Waals surface area contributed by atoms with Crippen LogP contribution in [0.2, 0.25) is 0 Å². The SMILES string of the molecule is CC(C)(C)OC(=O)N(C1=C(/C=C/C2=[N+](CCCCS(=O)(=O)[O-])c3ccc(C#N)cc3C2(C)C)CCC/C1=C\C=C1\N(CCCCS(=O)(=O)O)c2ccc(C#N)cc2C1(C)C)C1CCCCC1. The maximum Gasteiger partial charge on any atom is 0.415 e. The standard InChI is InChI=1S/C51H65N5O8S2/c1-49(2,3)64-48(57)56(40-18-9-8-10-19-40)47-38(22-26-45-50(4,5)41-32-36(34-52)20-24-43(41)54(45)28-11-13-30-65(58,59)60)16-15-17-39(47)23-27-46-51(6,7)42-33-37(35-53)21-25-44(42)55(46)29-12-14-31-66(61,62)63/h20-27,32-33,40H,8-19,28-31H2,1-7H3,(H-,58,59,60,61,62,63). The number of nitrogens with zero attached hydrogens (tertiary/aromatic N) is 5. The van der Waals surface area contributed by atoms with Gasteiger partial charge in [0.25, 0.3) is 10.1 Å². The summed E-state index contributed by atoms with van der Waals surface area (Å²) in [5.41, 5.74) is 7.60. The van der Waals surface area contributed by atoms with Gasteiger partial charge >= 0.3 is 6.09 Å². The second kappa shape index (κ2) is 20.0. The molecular weight excluding hydrogens is 875 g/mol. The van der Waals surface area contributed by atoms with Crippen LogP contribution in [0.4, 0.5) is 16.2 Å². The zero-order valence-corrected chi connectivity index (χ0v) is 41.2. The first-order valence-corrected chi connectivity index (χ1v) is 26.4. The van der Waals surface area contributed by atoms with Crippen LogP contribution >= 0.6 is 0 Å². The van der Waals surface area contributed by atoms with Gasteiger partial charge in [-0.1, -0.05) is 45.3 Å². The third-order valence-corrected chi connectivity index (χ3v) is 14.9. The highest BCUT2D eigenvalue weighted by molar-refractivity contribution is 7.85. The molecule has 15 heteroatoms. The van der Waals surface area contributed by atoms with E-state index in [0.717, 1.165) is 89.3 Å². The molecule has 0 radical (unpaired) electrons. The number of anilines is 1. The third-order valence-electron chi connectivity index (χ3n) is 13.3. The van der Waals surface area contributed by atoms with Crippen LogP contribution in [-0.4, -0.2) is 83.5 Å². The summed E-state index contributed by atoms with van der Waals surface area (Å²) >= 11 is 0. The average Bonchev–Trinajstić information content (AvgIpc) is 3.58. The van der Waals surface area contributed by atoms with E-state index in [1.165, 1.54) is 0 Å². The monoisotopic (exact) mass is 939 g/mol. The summed E-state index contributed by atoms with van der Waals surface area (Å²) < 4.78 is 75.6. The van der Waals surface area contributed by atoms with Gasteiger partial charge in [0.2, 0.25) is 5.69 Å². The molecule has 0 atom stereocenters. The first-order valence-electron chi connectivity index (χ1n) is 23.2. The van der Waals surface area contributed by atoms with Crippen molar-refractivity contribution in [2.75, 3.05) is 29.5 Å². The van der Waals surface area contributed by atoms with Crippen molar-refractivity contribution in [2.45, 2.75) is 148 Å². The van der Waals surface area contributed by atoms with Crippen LogP contribution in [0.5, 0.6) is 0 Å². The van der Waals surface area contributed by atoms with E-state index in [0.29, 0.717) is 49.9 Å². The molecule has 1 amide bonds. The number of rotatable bonds is 15. The van der Waals surface area contributed by atoms with Crippen molar-refractivity contribution >= 4 is 43.4 Å². The second-order valence-electron chi connectivity index (χ2n) is 20.0. The molecule has 0 aromatic heterocycles. The summed E-state index contributed by atoms with van der Waals surface area (Å²) in [7, 11) is -8.49. The quantitative estimate of drug-likeness (QED) is 0.101. The molecule has 66 heavy (non-hydrogen) atoms. The summed E-state index contributed by atoms with van der Waals surface area (Å²) in [4.78, 5) is 18.8. The number of ether oxygens (including phenoxy) is 1. The van der Waals surface area contributed by atoms with Crippen molar-refractivity contribution in [1.29, 1.82) is 10.5 Å². The Kier molecular flexibility index (Phi) is 15.3. The minimum Gasteiger partial charge on any atom is -0.748 e. The normalized spacial score (nSPS) is 19.9.